The first-order chi connectivity index (χ1) is 14.7. The van der Waals surface area contributed by atoms with E-state index in [4.69, 9.17) is 9.15 Å². The summed E-state index contributed by atoms with van der Waals surface area (Å²) in [7, 11) is 0. The fraction of sp³-hybridized carbons (Fsp3) is 0.136. The smallest absolute Gasteiger partial charge is 0.208 e. The maximum atomic E-state index is 13.8. The van der Waals surface area contributed by atoms with E-state index in [-0.39, 0.29) is 23.9 Å². The number of allylic oxidation sites excluding steroid dienone is 1. The van der Waals surface area contributed by atoms with Gasteiger partial charge in [0.25, 0.3) is 0 Å². The van der Waals surface area contributed by atoms with Gasteiger partial charge in [0.1, 0.15) is 12.2 Å². The molecule has 0 saturated heterocycles. The van der Waals surface area contributed by atoms with Crippen LogP contribution in [0.2, 0.25) is 0 Å². The molecule has 2 aromatic heterocycles. The Morgan fingerprint density at radius 2 is 2.00 bits per heavy atom. The molecule has 0 radical (unpaired) electrons. The molecule has 4 aromatic rings. The summed E-state index contributed by atoms with van der Waals surface area (Å²) in [6, 6.07) is 15.4. The molecule has 2 heterocycles. The van der Waals surface area contributed by atoms with Crippen LogP contribution < -0.4 is 4.74 Å². The molecule has 0 amide bonds. The first kappa shape index (κ1) is 19.9. The highest BCUT2D eigenvalue weighted by molar-refractivity contribution is 7.99. The van der Waals surface area contributed by atoms with Gasteiger partial charge in [-0.3, -0.25) is 9.36 Å². The zero-order valence-corrected chi connectivity index (χ0v) is 16.8. The highest BCUT2D eigenvalue weighted by Gasteiger charge is 2.17. The van der Waals surface area contributed by atoms with Gasteiger partial charge in [-0.25, -0.2) is 4.39 Å². The highest BCUT2D eigenvalue weighted by Crippen LogP contribution is 2.24. The molecule has 0 aliphatic heterocycles. The van der Waals surface area contributed by atoms with Gasteiger partial charge in [0.2, 0.25) is 5.78 Å². The van der Waals surface area contributed by atoms with Crippen molar-refractivity contribution in [1.82, 2.24) is 14.8 Å². The van der Waals surface area contributed by atoms with Crippen molar-refractivity contribution in [3.8, 4) is 5.75 Å². The van der Waals surface area contributed by atoms with E-state index in [0.29, 0.717) is 28.9 Å². The third kappa shape index (κ3) is 4.28. The predicted octanol–water partition coefficient (Wildman–Crippen LogP) is 4.90. The number of benzene rings is 2. The second-order valence-electron chi connectivity index (χ2n) is 6.38. The molecule has 152 valence electrons. The molecular weight excluding hydrogens is 405 g/mol. The van der Waals surface area contributed by atoms with Gasteiger partial charge in [-0.2, -0.15) is 0 Å². The van der Waals surface area contributed by atoms with Crippen molar-refractivity contribution in [2.24, 2.45) is 0 Å². The second kappa shape index (κ2) is 8.96. The summed E-state index contributed by atoms with van der Waals surface area (Å²) in [5.41, 5.74) is 0.674. The van der Waals surface area contributed by atoms with Gasteiger partial charge >= 0.3 is 0 Å². The Balaban J connectivity index is 1.45. The molecule has 6 nitrogen and oxygen atoms in total. The van der Waals surface area contributed by atoms with Gasteiger partial charge in [0, 0.05) is 11.9 Å². The third-order valence-electron chi connectivity index (χ3n) is 4.33. The topological polar surface area (TPSA) is 70.2 Å². The first-order valence-electron chi connectivity index (χ1n) is 9.20. The van der Waals surface area contributed by atoms with E-state index in [2.05, 4.69) is 16.8 Å². The monoisotopic (exact) mass is 423 g/mol. The SMILES string of the molecule is C=CCn1c(COc2ccccc2F)nnc1SCC(=O)c1cc2ccccc2o1. The number of aromatic nitrogens is 3. The van der Waals surface area contributed by atoms with Crippen LogP contribution in [0.15, 0.2) is 76.8 Å². The minimum atomic E-state index is -0.446. The maximum absolute atomic E-state index is 13.8. The van der Waals surface area contributed by atoms with Crippen LogP contribution in [0.1, 0.15) is 16.4 Å². The molecule has 4 rings (SSSR count). The van der Waals surface area contributed by atoms with Gasteiger partial charge in [-0.05, 0) is 24.3 Å². The molecule has 0 bridgehead atoms. The van der Waals surface area contributed by atoms with Crippen molar-refractivity contribution >= 4 is 28.5 Å². The Kier molecular flexibility index (Phi) is 5.94. The number of halogens is 1. The molecule has 0 fully saturated rings. The number of furan rings is 1. The lowest BCUT2D eigenvalue weighted by Crippen LogP contribution is -2.09. The van der Waals surface area contributed by atoms with Crippen LogP contribution in [0.3, 0.4) is 0 Å². The fourth-order valence-electron chi connectivity index (χ4n) is 2.87. The van der Waals surface area contributed by atoms with Crippen molar-refractivity contribution in [3.05, 3.63) is 84.7 Å². The van der Waals surface area contributed by atoms with E-state index < -0.39 is 5.82 Å². The van der Waals surface area contributed by atoms with Crippen molar-refractivity contribution in [1.29, 1.82) is 0 Å². The first-order valence-corrected chi connectivity index (χ1v) is 10.2. The number of rotatable bonds is 9. The summed E-state index contributed by atoms with van der Waals surface area (Å²) in [4.78, 5) is 12.6. The molecule has 2 aromatic carbocycles. The number of carbonyl (C=O) groups excluding carboxylic acids is 1. The molecule has 8 heteroatoms. The Hall–Kier alpha value is -3.39. The highest BCUT2D eigenvalue weighted by atomic mass is 32.2. The molecule has 0 aliphatic carbocycles. The number of para-hydroxylation sites is 2. The Labute approximate surface area is 176 Å². The van der Waals surface area contributed by atoms with Crippen molar-refractivity contribution in [2.45, 2.75) is 18.3 Å². The normalized spacial score (nSPS) is 11.0. The summed E-state index contributed by atoms with van der Waals surface area (Å²) in [6.07, 6.45) is 1.70. The lowest BCUT2D eigenvalue weighted by atomic mass is 10.2. The number of Topliss-reactive ketones (excluding diaryl/α,β-unsaturated/α-hetero) is 1. The minimum Gasteiger partial charge on any atom is -0.483 e. The maximum Gasteiger partial charge on any atom is 0.208 e. The minimum absolute atomic E-state index is 0.0415. The zero-order chi connectivity index (χ0) is 20.9. The van der Waals surface area contributed by atoms with E-state index in [1.54, 1.807) is 34.9 Å². The quantitative estimate of drug-likeness (QED) is 0.217. The lowest BCUT2D eigenvalue weighted by Gasteiger charge is -2.09. The Bertz CT molecular complexity index is 1170. The molecule has 0 atom stereocenters. The average molecular weight is 423 g/mol. The number of carbonyl (C=O) groups is 1. The van der Waals surface area contributed by atoms with Crippen LogP contribution in [-0.4, -0.2) is 26.3 Å². The number of thioether (sulfide) groups is 1. The number of hydrogen-bond donors (Lipinski definition) is 0. The molecule has 0 unspecified atom stereocenters. The fourth-order valence-corrected chi connectivity index (χ4v) is 3.71. The van der Waals surface area contributed by atoms with E-state index in [9.17, 15) is 9.18 Å². The number of ketones is 1. The molecule has 0 N–H and O–H groups in total. The summed E-state index contributed by atoms with van der Waals surface area (Å²) in [6.45, 7) is 4.23. The summed E-state index contributed by atoms with van der Waals surface area (Å²) in [5, 5.41) is 9.71. The van der Waals surface area contributed by atoms with Gasteiger partial charge in [0.05, 0.1) is 5.75 Å². The number of fused-ring (bicyclic) bond motifs is 1. The number of nitrogens with zero attached hydrogens (tertiary/aromatic N) is 3. The van der Waals surface area contributed by atoms with Crippen LogP contribution in [0.5, 0.6) is 5.75 Å². The van der Waals surface area contributed by atoms with Crippen LogP contribution in [0.4, 0.5) is 4.39 Å². The standard InChI is InChI=1S/C22H18FN3O3S/c1-2-11-26-21(13-28-19-10-6-4-8-16(19)23)24-25-22(26)30-14-17(27)20-12-15-7-3-5-9-18(15)29-20/h2-10,12H,1,11,13-14H2. The zero-order valence-electron chi connectivity index (χ0n) is 16.0. The van der Waals surface area contributed by atoms with Crippen LogP contribution >= 0.6 is 11.8 Å². The van der Waals surface area contributed by atoms with Gasteiger partial charge in [-0.15, -0.1) is 16.8 Å². The van der Waals surface area contributed by atoms with E-state index >= 15 is 0 Å². The summed E-state index contributed by atoms with van der Waals surface area (Å²) in [5.74, 6) is 0.508. The van der Waals surface area contributed by atoms with Gasteiger partial charge < -0.3 is 9.15 Å². The van der Waals surface area contributed by atoms with E-state index in [0.717, 1.165) is 5.39 Å². The molecule has 0 saturated carbocycles. The molecular formula is C22H18FN3O3S. The van der Waals surface area contributed by atoms with Crippen molar-refractivity contribution < 1.29 is 18.3 Å². The third-order valence-corrected chi connectivity index (χ3v) is 5.30. The van der Waals surface area contributed by atoms with Crippen molar-refractivity contribution in [3.63, 3.8) is 0 Å². The van der Waals surface area contributed by atoms with Gasteiger partial charge in [-0.1, -0.05) is 48.2 Å². The summed E-state index contributed by atoms with van der Waals surface area (Å²) >= 11 is 1.25. The molecule has 30 heavy (non-hydrogen) atoms. The van der Waals surface area contributed by atoms with E-state index in [1.807, 2.05) is 24.3 Å². The largest absolute Gasteiger partial charge is 0.483 e. The van der Waals surface area contributed by atoms with Crippen LogP contribution in [0.25, 0.3) is 11.0 Å². The number of ether oxygens (including phenoxy) is 1. The van der Waals surface area contributed by atoms with E-state index in [1.165, 1.54) is 17.8 Å². The Morgan fingerprint density at radius 3 is 2.80 bits per heavy atom. The second-order valence-corrected chi connectivity index (χ2v) is 7.32. The molecule has 0 spiro atoms. The lowest BCUT2D eigenvalue weighted by molar-refractivity contribution is 0.0994. The average Bonchev–Trinajstić information content (AvgIpc) is 3.36. The van der Waals surface area contributed by atoms with Crippen molar-refractivity contribution in [2.75, 3.05) is 5.75 Å². The Morgan fingerprint density at radius 1 is 1.20 bits per heavy atom. The number of hydrogen-bond acceptors (Lipinski definition) is 6. The summed E-state index contributed by atoms with van der Waals surface area (Å²) < 4.78 is 26.7. The van der Waals surface area contributed by atoms with Gasteiger partial charge in [0.15, 0.2) is 28.3 Å². The van der Waals surface area contributed by atoms with Crippen LogP contribution in [-0.2, 0) is 13.2 Å². The molecule has 0 aliphatic rings. The predicted molar refractivity (Wildman–Crippen MR) is 112 cm³/mol. The van der Waals surface area contributed by atoms with Crippen LogP contribution in [0, 0.1) is 5.82 Å².